The molecule has 1 saturated heterocycles. The lowest BCUT2D eigenvalue weighted by atomic mass is 9.93. The molecule has 13 heavy (non-hydrogen) atoms. The first kappa shape index (κ1) is 9.00. The first-order chi connectivity index (χ1) is 6.21. The Bertz CT molecular complexity index is 290. The molecule has 1 atom stereocenters. The van der Waals surface area contributed by atoms with E-state index in [9.17, 15) is 5.11 Å². The van der Waals surface area contributed by atoms with Crippen LogP contribution in [0.3, 0.4) is 0 Å². The molecule has 1 aromatic carbocycles. The van der Waals surface area contributed by atoms with E-state index in [4.69, 9.17) is 11.6 Å². The summed E-state index contributed by atoms with van der Waals surface area (Å²) in [6, 6.07) is 7.39. The highest BCUT2D eigenvalue weighted by Crippen LogP contribution is 2.28. The molecule has 3 heteroatoms. The minimum Gasteiger partial charge on any atom is -0.384 e. The van der Waals surface area contributed by atoms with Gasteiger partial charge in [0.1, 0.15) is 5.60 Å². The number of hydrogen-bond acceptors (Lipinski definition) is 2. The van der Waals surface area contributed by atoms with Crippen molar-refractivity contribution in [2.45, 2.75) is 12.0 Å². The molecule has 2 N–H and O–H groups in total. The average Bonchev–Trinajstić information content (AvgIpc) is 2.54. The van der Waals surface area contributed by atoms with Gasteiger partial charge in [-0.2, -0.15) is 0 Å². The van der Waals surface area contributed by atoms with E-state index in [0.29, 0.717) is 11.6 Å². The molecule has 0 unspecified atom stereocenters. The molecule has 0 saturated carbocycles. The van der Waals surface area contributed by atoms with Crippen LogP contribution in [0.5, 0.6) is 0 Å². The fraction of sp³-hybridized carbons (Fsp3) is 0.400. The van der Waals surface area contributed by atoms with Gasteiger partial charge in [0, 0.05) is 11.6 Å². The fourth-order valence-corrected chi connectivity index (χ4v) is 1.81. The van der Waals surface area contributed by atoms with E-state index < -0.39 is 5.60 Å². The number of hydrogen-bond donors (Lipinski definition) is 2. The smallest absolute Gasteiger partial charge is 0.103 e. The molecule has 2 rings (SSSR count). The zero-order valence-corrected chi connectivity index (χ0v) is 8.01. The van der Waals surface area contributed by atoms with E-state index in [0.717, 1.165) is 18.5 Å². The summed E-state index contributed by atoms with van der Waals surface area (Å²) in [5.41, 5.74) is 0.256. The fourth-order valence-electron chi connectivity index (χ4n) is 1.69. The summed E-state index contributed by atoms with van der Waals surface area (Å²) in [4.78, 5) is 0. The first-order valence-electron chi connectivity index (χ1n) is 4.40. The zero-order chi connectivity index (χ0) is 9.31. The van der Waals surface area contributed by atoms with Crippen molar-refractivity contribution in [2.75, 3.05) is 13.1 Å². The van der Waals surface area contributed by atoms with Crippen LogP contribution in [0.1, 0.15) is 12.0 Å². The van der Waals surface area contributed by atoms with E-state index in [1.54, 1.807) is 0 Å². The molecule has 0 radical (unpaired) electrons. The van der Waals surface area contributed by atoms with Crippen molar-refractivity contribution >= 4 is 11.6 Å². The van der Waals surface area contributed by atoms with Gasteiger partial charge >= 0.3 is 0 Å². The van der Waals surface area contributed by atoms with E-state index in [1.807, 2.05) is 24.3 Å². The second-order valence-corrected chi connectivity index (χ2v) is 3.90. The van der Waals surface area contributed by atoms with Crippen LogP contribution in [0.25, 0.3) is 0 Å². The Kier molecular flexibility index (Phi) is 2.28. The summed E-state index contributed by atoms with van der Waals surface area (Å²) in [6.07, 6.45) is 0.772. The molecular weight excluding hydrogens is 186 g/mol. The molecule has 1 aromatic rings. The largest absolute Gasteiger partial charge is 0.384 e. The predicted molar refractivity (Wildman–Crippen MR) is 52.8 cm³/mol. The Hall–Kier alpha value is -0.570. The highest BCUT2D eigenvalue weighted by atomic mass is 35.5. The lowest BCUT2D eigenvalue weighted by Gasteiger charge is -2.21. The number of β-amino-alcohol motifs (C(OH)–C–C–N with tert-alkyl or cyclic N) is 1. The average molecular weight is 198 g/mol. The Morgan fingerprint density at radius 1 is 1.31 bits per heavy atom. The van der Waals surface area contributed by atoms with Gasteiger partial charge < -0.3 is 10.4 Å². The second-order valence-electron chi connectivity index (χ2n) is 3.47. The van der Waals surface area contributed by atoms with Crippen LogP contribution >= 0.6 is 11.6 Å². The van der Waals surface area contributed by atoms with Gasteiger partial charge in [0.15, 0.2) is 0 Å². The summed E-state index contributed by atoms with van der Waals surface area (Å²) in [6.45, 7) is 1.51. The lowest BCUT2D eigenvalue weighted by Crippen LogP contribution is -2.28. The van der Waals surface area contributed by atoms with Crippen LogP contribution in [0.4, 0.5) is 0 Å². The van der Waals surface area contributed by atoms with Crippen molar-refractivity contribution in [2.24, 2.45) is 0 Å². The van der Waals surface area contributed by atoms with Crippen molar-refractivity contribution < 1.29 is 5.11 Å². The predicted octanol–water partition coefficient (Wildman–Crippen LogP) is 1.52. The molecule has 0 spiro atoms. The monoisotopic (exact) mass is 197 g/mol. The van der Waals surface area contributed by atoms with Crippen LogP contribution in [-0.2, 0) is 5.60 Å². The molecule has 1 aliphatic rings. The number of aliphatic hydroxyl groups is 1. The SMILES string of the molecule is O[C@@]1(c2ccc(Cl)cc2)CCNC1. The minimum absolute atomic E-state index is 0.634. The lowest BCUT2D eigenvalue weighted by molar-refractivity contribution is 0.0587. The second kappa shape index (κ2) is 3.29. The third-order valence-corrected chi connectivity index (χ3v) is 2.77. The molecule has 0 amide bonds. The van der Waals surface area contributed by atoms with Gasteiger partial charge in [-0.05, 0) is 30.7 Å². The Morgan fingerprint density at radius 2 is 2.00 bits per heavy atom. The summed E-state index contributed by atoms with van der Waals surface area (Å²) in [7, 11) is 0. The van der Waals surface area contributed by atoms with Gasteiger partial charge in [0.2, 0.25) is 0 Å². The number of rotatable bonds is 1. The van der Waals surface area contributed by atoms with E-state index in [2.05, 4.69) is 5.32 Å². The van der Waals surface area contributed by atoms with Crippen LogP contribution in [0.15, 0.2) is 24.3 Å². The molecule has 1 heterocycles. The van der Waals surface area contributed by atoms with E-state index in [-0.39, 0.29) is 0 Å². The topological polar surface area (TPSA) is 32.3 Å². The van der Waals surface area contributed by atoms with Crippen molar-refractivity contribution in [3.8, 4) is 0 Å². The highest BCUT2D eigenvalue weighted by molar-refractivity contribution is 6.30. The third-order valence-electron chi connectivity index (χ3n) is 2.51. The van der Waals surface area contributed by atoms with Crippen molar-refractivity contribution in [3.05, 3.63) is 34.9 Å². The van der Waals surface area contributed by atoms with Crippen LogP contribution < -0.4 is 5.32 Å². The van der Waals surface area contributed by atoms with Crippen LogP contribution in [-0.4, -0.2) is 18.2 Å². The van der Waals surface area contributed by atoms with E-state index in [1.165, 1.54) is 0 Å². The molecule has 1 aliphatic heterocycles. The van der Waals surface area contributed by atoms with Crippen molar-refractivity contribution in [3.63, 3.8) is 0 Å². The van der Waals surface area contributed by atoms with E-state index >= 15 is 0 Å². The van der Waals surface area contributed by atoms with Gasteiger partial charge in [0.05, 0.1) is 0 Å². The number of halogens is 1. The number of nitrogens with one attached hydrogen (secondary N) is 1. The van der Waals surface area contributed by atoms with Gasteiger partial charge in [-0.15, -0.1) is 0 Å². The quantitative estimate of drug-likeness (QED) is 0.716. The van der Waals surface area contributed by atoms with Crippen LogP contribution in [0.2, 0.25) is 5.02 Å². The van der Waals surface area contributed by atoms with Gasteiger partial charge in [0.25, 0.3) is 0 Å². The van der Waals surface area contributed by atoms with Gasteiger partial charge in [-0.25, -0.2) is 0 Å². The Balaban J connectivity index is 2.29. The summed E-state index contributed by atoms with van der Waals surface area (Å²) < 4.78 is 0. The highest BCUT2D eigenvalue weighted by Gasteiger charge is 2.32. The summed E-state index contributed by atoms with van der Waals surface area (Å²) in [5, 5.41) is 14.0. The minimum atomic E-state index is -0.690. The molecular formula is C10H12ClNO. The first-order valence-corrected chi connectivity index (χ1v) is 4.78. The maximum Gasteiger partial charge on any atom is 0.103 e. The van der Waals surface area contributed by atoms with Crippen molar-refractivity contribution in [1.82, 2.24) is 5.32 Å². The molecule has 1 fully saturated rings. The maximum atomic E-state index is 10.1. The Morgan fingerprint density at radius 3 is 2.54 bits per heavy atom. The third kappa shape index (κ3) is 1.70. The van der Waals surface area contributed by atoms with Crippen molar-refractivity contribution in [1.29, 1.82) is 0 Å². The summed E-state index contributed by atoms with van der Waals surface area (Å²) in [5.74, 6) is 0. The molecule has 70 valence electrons. The molecule has 0 aromatic heterocycles. The standard InChI is InChI=1S/C10H12ClNO/c11-9-3-1-8(2-4-9)10(13)5-6-12-7-10/h1-4,12-13H,5-7H2/t10-/m0/s1. The summed E-state index contributed by atoms with van der Waals surface area (Å²) >= 11 is 5.77. The Labute approximate surface area is 82.5 Å². The zero-order valence-electron chi connectivity index (χ0n) is 7.26. The van der Waals surface area contributed by atoms with Crippen LogP contribution in [0, 0.1) is 0 Å². The van der Waals surface area contributed by atoms with Gasteiger partial charge in [-0.1, -0.05) is 23.7 Å². The number of benzene rings is 1. The molecule has 0 bridgehead atoms. The maximum absolute atomic E-state index is 10.1. The van der Waals surface area contributed by atoms with Gasteiger partial charge in [-0.3, -0.25) is 0 Å². The molecule has 0 aliphatic carbocycles. The molecule has 2 nitrogen and oxygen atoms in total. The normalized spacial score (nSPS) is 27.8.